The van der Waals surface area contributed by atoms with Crippen LogP contribution in [0.5, 0.6) is 11.5 Å². The van der Waals surface area contributed by atoms with E-state index in [1.54, 1.807) is 19.2 Å². The van der Waals surface area contributed by atoms with Crippen molar-refractivity contribution in [2.75, 3.05) is 13.7 Å². The normalized spacial score (nSPS) is 10.8. The summed E-state index contributed by atoms with van der Waals surface area (Å²) >= 11 is 0. The van der Waals surface area contributed by atoms with E-state index in [0.29, 0.717) is 23.8 Å². The number of nitrogens with zero attached hydrogens (tertiary/aromatic N) is 1. The van der Waals surface area contributed by atoms with Crippen LogP contribution in [-0.2, 0) is 13.1 Å². The summed E-state index contributed by atoms with van der Waals surface area (Å²) in [6, 6.07) is 8.17. The quantitative estimate of drug-likeness (QED) is 0.339. The highest BCUT2D eigenvalue weighted by atomic mass is 127. The number of aliphatic imine (C=N–C) groups is 1. The number of aromatic hydroxyl groups is 1. The van der Waals surface area contributed by atoms with Gasteiger partial charge in [0.2, 0.25) is 0 Å². The van der Waals surface area contributed by atoms with Gasteiger partial charge in [0, 0.05) is 24.2 Å². The minimum absolute atomic E-state index is 0. The molecule has 0 bridgehead atoms. The molecule has 5 nitrogen and oxygen atoms in total. The van der Waals surface area contributed by atoms with Crippen LogP contribution in [0.2, 0.25) is 0 Å². The minimum Gasteiger partial charge on any atom is -0.508 e. The molecule has 2 aromatic rings. The van der Waals surface area contributed by atoms with Gasteiger partial charge in [-0.3, -0.25) is 0 Å². The van der Waals surface area contributed by atoms with Crippen LogP contribution in [-0.4, -0.2) is 24.7 Å². The molecule has 0 aliphatic rings. The second-order valence-corrected chi connectivity index (χ2v) is 5.28. The van der Waals surface area contributed by atoms with E-state index in [-0.39, 0.29) is 48.4 Å². The van der Waals surface area contributed by atoms with Gasteiger partial charge < -0.3 is 20.5 Å². The van der Waals surface area contributed by atoms with Crippen LogP contribution in [0.15, 0.2) is 41.4 Å². The molecule has 0 saturated carbocycles. The topological polar surface area (TPSA) is 65.9 Å². The number of methoxy groups -OCH3 is 1. The Bertz CT molecular complexity index is 757. The number of phenols is 1. The van der Waals surface area contributed by atoms with Crippen LogP contribution in [0.3, 0.4) is 0 Å². The minimum atomic E-state index is -0.499. The first kappa shape index (κ1) is 21.9. The Morgan fingerprint density at radius 2 is 1.88 bits per heavy atom. The van der Waals surface area contributed by atoms with Crippen LogP contribution >= 0.6 is 24.0 Å². The van der Waals surface area contributed by atoms with Gasteiger partial charge in [-0.15, -0.1) is 24.0 Å². The third-order valence-electron chi connectivity index (χ3n) is 3.49. The van der Waals surface area contributed by atoms with E-state index in [9.17, 15) is 13.9 Å². The number of guanidine groups is 1. The Morgan fingerprint density at radius 1 is 1.12 bits per heavy atom. The van der Waals surface area contributed by atoms with Crippen molar-refractivity contribution in [3.8, 4) is 11.5 Å². The fourth-order valence-electron chi connectivity index (χ4n) is 2.18. The average Bonchev–Trinajstić information content (AvgIpc) is 2.61. The van der Waals surface area contributed by atoms with Gasteiger partial charge in [0.05, 0.1) is 13.7 Å². The number of ether oxygens (including phenoxy) is 1. The lowest BCUT2D eigenvalue weighted by Gasteiger charge is -2.12. The van der Waals surface area contributed by atoms with Gasteiger partial charge in [-0.2, -0.15) is 0 Å². The van der Waals surface area contributed by atoms with Crippen molar-refractivity contribution in [3.63, 3.8) is 0 Å². The first-order valence-electron chi connectivity index (χ1n) is 7.85. The smallest absolute Gasteiger partial charge is 0.191 e. The Balaban J connectivity index is 0.00000338. The van der Waals surface area contributed by atoms with E-state index in [4.69, 9.17) is 4.74 Å². The number of phenolic OH excluding ortho intramolecular Hbond substituents is 1. The molecule has 0 aromatic heterocycles. The molecule has 0 spiro atoms. The summed E-state index contributed by atoms with van der Waals surface area (Å²) in [5.41, 5.74) is 0.795. The summed E-state index contributed by atoms with van der Waals surface area (Å²) in [4.78, 5) is 4.35. The molecule has 8 heteroatoms. The summed E-state index contributed by atoms with van der Waals surface area (Å²) in [6.07, 6.45) is 0. The summed E-state index contributed by atoms with van der Waals surface area (Å²) in [5.74, 6) is 0.157. The number of rotatable bonds is 6. The Hall–Kier alpha value is -2.10. The molecule has 0 atom stereocenters. The third kappa shape index (κ3) is 6.32. The fourth-order valence-corrected chi connectivity index (χ4v) is 2.18. The van der Waals surface area contributed by atoms with Crippen LogP contribution in [0, 0.1) is 11.6 Å². The number of halogens is 3. The molecule has 142 valence electrons. The molecule has 0 amide bonds. The van der Waals surface area contributed by atoms with Crippen LogP contribution in [0.4, 0.5) is 8.78 Å². The molecule has 2 aromatic carbocycles. The maximum absolute atomic E-state index is 13.7. The third-order valence-corrected chi connectivity index (χ3v) is 3.49. The standard InChI is InChI=1S/C18H21F2N3O2.HI/c1-3-21-18(22-10-12-8-14(19)4-6-16(12)20)23-11-13-9-15(25-2)5-7-17(13)24;/h4-9,24H,3,10-11H2,1-2H3,(H2,21,22,23);1H. The molecular weight excluding hydrogens is 455 g/mol. The molecule has 0 aliphatic carbocycles. The van der Waals surface area contributed by atoms with E-state index >= 15 is 0 Å². The van der Waals surface area contributed by atoms with E-state index in [0.717, 1.165) is 18.2 Å². The Labute approximate surface area is 168 Å². The van der Waals surface area contributed by atoms with Gasteiger partial charge in [-0.25, -0.2) is 13.8 Å². The van der Waals surface area contributed by atoms with Crippen LogP contribution < -0.4 is 15.4 Å². The van der Waals surface area contributed by atoms with Gasteiger partial charge in [0.1, 0.15) is 23.1 Å². The SMILES string of the molecule is CCNC(=NCc1cc(OC)ccc1O)NCc1cc(F)ccc1F.I. The number of hydrogen-bond acceptors (Lipinski definition) is 3. The van der Waals surface area contributed by atoms with Gasteiger partial charge in [-0.1, -0.05) is 0 Å². The zero-order valence-corrected chi connectivity index (χ0v) is 16.9. The lowest BCUT2D eigenvalue weighted by atomic mass is 10.2. The monoisotopic (exact) mass is 477 g/mol. The summed E-state index contributed by atoms with van der Waals surface area (Å²) in [5, 5.41) is 15.8. The Kier molecular flexibility index (Phi) is 9.11. The van der Waals surface area contributed by atoms with E-state index in [1.807, 2.05) is 6.92 Å². The molecule has 0 saturated heterocycles. The Morgan fingerprint density at radius 3 is 2.58 bits per heavy atom. The maximum atomic E-state index is 13.7. The predicted octanol–water partition coefficient (Wildman–Crippen LogP) is 3.55. The zero-order chi connectivity index (χ0) is 18.2. The second kappa shape index (κ2) is 10.8. The van der Waals surface area contributed by atoms with E-state index in [1.165, 1.54) is 6.07 Å². The van der Waals surface area contributed by atoms with Crippen molar-refractivity contribution in [1.82, 2.24) is 10.6 Å². The van der Waals surface area contributed by atoms with Gasteiger partial charge in [-0.05, 0) is 43.3 Å². The number of hydrogen-bond donors (Lipinski definition) is 3. The largest absolute Gasteiger partial charge is 0.508 e. The summed E-state index contributed by atoms with van der Waals surface area (Å²) in [6.45, 7) is 2.77. The summed E-state index contributed by atoms with van der Waals surface area (Å²) in [7, 11) is 1.54. The van der Waals surface area contributed by atoms with E-state index < -0.39 is 11.6 Å². The molecule has 0 aliphatic heterocycles. The van der Waals surface area contributed by atoms with Crippen molar-refractivity contribution >= 4 is 29.9 Å². The van der Waals surface area contributed by atoms with Crippen LogP contribution in [0.1, 0.15) is 18.1 Å². The highest BCUT2D eigenvalue weighted by Gasteiger charge is 2.07. The van der Waals surface area contributed by atoms with Gasteiger partial charge in [0.25, 0.3) is 0 Å². The molecule has 0 radical (unpaired) electrons. The van der Waals surface area contributed by atoms with Crippen molar-refractivity contribution in [3.05, 3.63) is 59.2 Å². The van der Waals surface area contributed by atoms with Gasteiger partial charge >= 0.3 is 0 Å². The second-order valence-electron chi connectivity index (χ2n) is 5.28. The molecule has 26 heavy (non-hydrogen) atoms. The predicted molar refractivity (Wildman–Crippen MR) is 108 cm³/mol. The van der Waals surface area contributed by atoms with Crippen molar-refractivity contribution in [2.45, 2.75) is 20.0 Å². The molecule has 2 rings (SSSR count). The first-order chi connectivity index (χ1) is 12.0. The summed E-state index contributed by atoms with van der Waals surface area (Å²) < 4.78 is 32.0. The number of benzene rings is 2. The lowest BCUT2D eigenvalue weighted by molar-refractivity contribution is 0.411. The average molecular weight is 477 g/mol. The highest BCUT2D eigenvalue weighted by Crippen LogP contribution is 2.23. The zero-order valence-electron chi connectivity index (χ0n) is 14.6. The number of nitrogens with one attached hydrogen (secondary N) is 2. The van der Waals surface area contributed by atoms with Gasteiger partial charge in [0.15, 0.2) is 5.96 Å². The van der Waals surface area contributed by atoms with Crippen molar-refractivity contribution in [2.24, 2.45) is 4.99 Å². The van der Waals surface area contributed by atoms with E-state index in [2.05, 4.69) is 15.6 Å². The first-order valence-corrected chi connectivity index (χ1v) is 7.85. The molecule has 0 fully saturated rings. The molecule has 0 unspecified atom stereocenters. The fraction of sp³-hybridized carbons (Fsp3) is 0.278. The molecule has 3 N–H and O–H groups in total. The lowest BCUT2D eigenvalue weighted by Crippen LogP contribution is -2.37. The highest BCUT2D eigenvalue weighted by molar-refractivity contribution is 14.0. The van der Waals surface area contributed by atoms with Crippen molar-refractivity contribution < 1.29 is 18.6 Å². The molecular formula is C18H22F2IN3O2. The molecule has 0 heterocycles. The maximum Gasteiger partial charge on any atom is 0.191 e. The van der Waals surface area contributed by atoms with Crippen molar-refractivity contribution in [1.29, 1.82) is 0 Å². The van der Waals surface area contributed by atoms with Crippen LogP contribution in [0.25, 0.3) is 0 Å².